The first kappa shape index (κ1) is 13.1. The number of hydrogen-bond acceptors (Lipinski definition) is 4. The molecule has 2 heterocycles. The van der Waals surface area contributed by atoms with Crippen LogP contribution in [-0.2, 0) is 9.59 Å². The van der Waals surface area contributed by atoms with Gasteiger partial charge in [-0.15, -0.1) is 0 Å². The van der Waals surface area contributed by atoms with Crippen LogP contribution in [0.5, 0.6) is 0 Å². The molecule has 2 aliphatic rings. The van der Waals surface area contributed by atoms with E-state index in [-0.39, 0.29) is 17.9 Å². The number of likely N-dealkylation sites (N-methyl/N-ethyl adjacent to an activating group) is 1. The summed E-state index contributed by atoms with van der Waals surface area (Å²) in [4.78, 5) is 25.1. The monoisotopic (exact) mass is 273 g/mol. The van der Waals surface area contributed by atoms with E-state index in [0.717, 1.165) is 18.8 Å². The van der Waals surface area contributed by atoms with Gasteiger partial charge in [-0.2, -0.15) is 0 Å². The van der Waals surface area contributed by atoms with Crippen molar-refractivity contribution in [3.63, 3.8) is 0 Å². The topological polar surface area (TPSA) is 61.4 Å². The predicted octanol–water partition coefficient (Wildman–Crippen LogP) is 0.933. The number of amides is 2. The Morgan fingerprint density at radius 2 is 1.90 bits per heavy atom. The van der Waals surface area contributed by atoms with Crippen molar-refractivity contribution in [3.8, 4) is 0 Å². The number of rotatable bonds is 3. The highest BCUT2D eigenvalue weighted by atomic mass is 16.2. The summed E-state index contributed by atoms with van der Waals surface area (Å²) in [5.41, 5.74) is 2.27. The number of anilines is 1. The Bertz CT molecular complexity index is 520. The fourth-order valence-corrected chi connectivity index (χ4v) is 2.79. The van der Waals surface area contributed by atoms with Crippen molar-refractivity contribution < 1.29 is 9.59 Å². The third-order valence-corrected chi connectivity index (χ3v) is 4.03. The van der Waals surface area contributed by atoms with Crippen molar-refractivity contribution >= 4 is 17.5 Å². The summed E-state index contributed by atoms with van der Waals surface area (Å²) >= 11 is 0. The molecule has 106 valence electrons. The third-order valence-electron chi connectivity index (χ3n) is 4.03. The second-order valence-corrected chi connectivity index (χ2v) is 5.69. The number of nitrogens with zero attached hydrogens (tertiary/aromatic N) is 1. The summed E-state index contributed by atoms with van der Waals surface area (Å²) in [5.74, 6) is 0.216. The molecule has 0 radical (unpaired) electrons. The lowest BCUT2D eigenvalue weighted by Crippen LogP contribution is -2.47. The molecular formula is C15H19N3O2. The van der Waals surface area contributed by atoms with Crippen LogP contribution in [0, 0.1) is 0 Å². The predicted molar refractivity (Wildman–Crippen MR) is 76.5 cm³/mol. The zero-order chi connectivity index (χ0) is 14.1. The van der Waals surface area contributed by atoms with E-state index in [2.05, 4.69) is 34.7 Å². The molecule has 2 N–H and O–H groups in total. The number of benzene rings is 1. The Kier molecular flexibility index (Phi) is 3.44. The lowest BCUT2D eigenvalue weighted by molar-refractivity contribution is -0.133. The first-order valence-electron chi connectivity index (χ1n) is 7.00. The largest absolute Gasteiger partial charge is 0.374 e. The highest BCUT2D eigenvalue weighted by Crippen LogP contribution is 2.26. The molecule has 20 heavy (non-hydrogen) atoms. The summed E-state index contributed by atoms with van der Waals surface area (Å²) in [6.45, 7) is 2.22. The van der Waals surface area contributed by atoms with Crippen LogP contribution in [0.2, 0.25) is 0 Å². The molecule has 2 aliphatic heterocycles. The first-order chi connectivity index (χ1) is 9.61. The zero-order valence-corrected chi connectivity index (χ0v) is 11.6. The van der Waals surface area contributed by atoms with Crippen LogP contribution in [-0.4, -0.2) is 42.9 Å². The fourth-order valence-electron chi connectivity index (χ4n) is 2.79. The van der Waals surface area contributed by atoms with Gasteiger partial charge in [0.05, 0.1) is 0 Å². The minimum Gasteiger partial charge on any atom is -0.374 e. The normalized spacial score (nSPS) is 24.1. The van der Waals surface area contributed by atoms with Crippen molar-refractivity contribution in [1.82, 2.24) is 10.2 Å². The number of imide groups is 1. The van der Waals surface area contributed by atoms with Crippen molar-refractivity contribution in [2.75, 3.05) is 25.5 Å². The Hall–Kier alpha value is -1.88. The van der Waals surface area contributed by atoms with Gasteiger partial charge in [-0.1, -0.05) is 12.1 Å². The average Bonchev–Trinajstić information content (AvgIpc) is 2.39. The van der Waals surface area contributed by atoms with E-state index < -0.39 is 0 Å². The first-order valence-corrected chi connectivity index (χ1v) is 7.00. The maximum absolute atomic E-state index is 11.7. The molecule has 0 bridgehead atoms. The molecule has 1 atom stereocenters. The Morgan fingerprint density at radius 3 is 2.50 bits per heavy atom. The van der Waals surface area contributed by atoms with Crippen LogP contribution in [0.25, 0.3) is 0 Å². The number of piperidine rings is 1. The lowest BCUT2D eigenvalue weighted by atomic mass is 9.92. The van der Waals surface area contributed by atoms with Gasteiger partial charge in [0.2, 0.25) is 11.8 Å². The zero-order valence-electron chi connectivity index (χ0n) is 11.6. The SMILES string of the molecule is CN1CC(c2ccc(NC3CCC(=O)NC3=O)cc2)C1. The lowest BCUT2D eigenvalue weighted by Gasteiger charge is -2.36. The Labute approximate surface area is 118 Å². The standard InChI is InChI=1S/C15H19N3O2/c1-18-8-11(9-18)10-2-4-12(5-3-10)16-13-6-7-14(19)17-15(13)20/h2-5,11,13,16H,6-9H2,1H3,(H,17,19,20). The van der Waals surface area contributed by atoms with Crippen LogP contribution in [0.15, 0.2) is 24.3 Å². The van der Waals surface area contributed by atoms with Crippen molar-refractivity contribution in [3.05, 3.63) is 29.8 Å². The van der Waals surface area contributed by atoms with Crippen LogP contribution >= 0.6 is 0 Å². The highest BCUT2D eigenvalue weighted by Gasteiger charge is 2.27. The van der Waals surface area contributed by atoms with Gasteiger partial charge >= 0.3 is 0 Å². The van der Waals surface area contributed by atoms with Gasteiger partial charge in [0.1, 0.15) is 6.04 Å². The summed E-state index contributed by atoms with van der Waals surface area (Å²) in [6, 6.07) is 7.94. The maximum atomic E-state index is 11.7. The number of hydrogen-bond donors (Lipinski definition) is 2. The summed E-state index contributed by atoms with van der Waals surface area (Å²) in [5, 5.41) is 5.54. The van der Waals surface area contributed by atoms with Gasteiger partial charge in [0, 0.05) is 31.1 Å². The van der Waals surface area contributed by atoms with E-state index in [4.69, 9.17) is 0 Å². The van der Waals surface area contributed by atoms with E-state index in [0.29, 0.717) is 18.8 Å². The number of nitrogens with one attached hydrogen (secondary N) is 2. The number of carbonyl (C=O) groups excluding carboxylic acids is 2. The minimum absolute atomic E-state index is 0.183. The average molecular weight is 273 g/mol. The van der Waals surface area contributed by atoms with E-state index in [1.807, 2.05) is 12.1 Å². The smallest absolute Gasteiger partial charge is 0.249 e. The number of likely N-dealkylation sites (tertiary alicyclic amines) is 1. The molecular weight excluding hydrogens is 254 g/mol. The second kappa shape index (κ2) is 5.25. The molecule has 0 aromatic heterocycles. The summed E-state index contributed by atoms with van der Waals surface area (Å²) in [6.07, 6.45) is 0.954. The van der Waals surface area contributed by atoms with Crippen LogP contribution < -0.4 is 10.6 Å². The van der Waals surface area contributed by atoms with Gasteiger partial charge in [-0.25, -0.2) is 0 Å². The minimum atomic E-state index is -0.312. The molecule has 0 aliphatic carbocycles. The van der Waals surface area contributed by atoms with Gasteiger partial charge < -0.3 is 10.2 Å². The number of carbonyl (C=O) groups is 2. The molecule has 5 heteroatoms. The highest BCUT2D eigenvalue weighted by molar-refractivity contribution is 6.01. The van der Waals surface area contributed by atoms with Gasteiger partial charge in [-0.05, 0) is 31.2 Å². The fraction of sp³-hybridized carbons (Fsp3) is 0.467. The molecule has 5 nitrogen and oxygen atoms in total. The van der Waals surface area contributed by atoms with Gasteiger partial charge in [0.25, 0.3) is 0 Å². The third kappa shape index (κ3) is 2.67. The van der Waals surface area contributed by atoms with Crippen LogP contribution in [0.4, 0.5) is 5.69 Å². The molecule has 1 unspecified atom stereocenters. The quantitative estimate of drug-likeness (QED) is 0.804. The summed E-state index contributed by atoms with van der Waals surface area (Å²) in [7, 11) is 2.12. The molecule has 2 fully saturated rings. The summed E-state index contributed by atoms with van der Waals surface area (Å²) < 4.78 is 0. The van der Waals surface area contributed by atoms with E-state index in [1.165, 1.54) is 5.56 Å². The molecule has 2 amide bonds. The maximum Gasteiger partial charge on any atom is 0.249 e. The van der Waals surface area contributed by atoms with Crippen LogP contribution in [0.1, 0.15) is 24.3 Å². The molecule has 1 aromatic carbocycles. The van der Waals surface area contributed by atoms with Crippen molar-refractivity contribution in [2.45, 2.75) is 24.8 Å². The molecule has 3 rings (SSSR count). The van der Waals surface area contributed by atoms with E-state index >= 15 is 0 Å². The van der Waals surface area contributed by atoms with E-state index in [9.17, 15) is 9.59 Å². The van der Waals surface area contributed by atoms with Crippen molar-refractivity contribution in [1.29, 1.82) is 0 Å². The van der Waals surface area contributed by atoms with Gasteiger partial charge in [-0.3, -0.25) is 14.9 Å². The Morgan fingerprint density at radius 1 is 1.20 bits per heavy atom. The Balaban J connectivity index is 1.60. The molecule has 0 spiro atoms. The molecule has 0 saturated carbocycles. The van der Waals surface area contributed by atoms with Gasteiger partial charge in [0.15, 0.2) is 0 Å². The second-order valence-electron chi connectivity index (χ2n) is 5.69. The molecule has 1 aromatic rings. The molecule has 2 saturated heterocycles. The van der Waals surface area contributed by atoms with Crippen molar-refractivity contribution in [2.24, 2.45) is 0 Å². The van der Waals surface area contributed by atoms with E-state index in [1.54, 1.807) is 0 Å². The van der Waals surface area contributed by atoms with Crippen LogP contribution in [0.3, 0.4) is 0 Å².